The molecule has 1 aromatic carbocycles. The minimum atomic E-state index is -0.241. The van der Waals surface area contributed by atoms with E-state index in [1.165, 1.54) is 11.1 Å². The van der Waals surface area contributed by atoms with Gasteiger partial charge in [0.25, 0.3) is 5.91 Å². The molecule has 1 aliphatic heterocycles. The molecular weight excluding hydrogens is 398 g/mol. The van der Waals surface area contributed by atoms with Crippen molar-refractivity contribution in [1.29, 1.82) is 0 Å². The van der Waals surface area contributed by atoms with E-state index < -0.39 is 0 Å². The molecule has 3 heterocycles. The van der Waals surface area contributed by atoms with Gasteiger partial charge in [0.2, 0.25) is 5.91 Å². The molecule has 0 saturated heterocycles. The predicted molar refractivity (Wildman–Crippen MR) is 118 cm³/mol. The van der Waals surface area contributed by atoms with Crippen LogP contribution in [0.2, 0.25) is 0 Å². The molecule has 0 fully saturated rings. The SMILES string of the molecule is CSc1ccc(CNC(=O)c2cnc3c(c2)N(Cc2ccccn2)C(=O)CN3)cc1. The van der Waals surface area contributed by atoms with E-state index in [1.54, 1.807) is 28.9 Å². The molecule has 1 aliphatic rings. The van der Waals surface area contributed by atoms with Crippen LogP contribution in [0, 0.1) is 0 Å². The molecule has 7 nitrogen and oxygen atoms in total. The van der Waals surface area contributed by atoms with Crippen LogP contribution in [0.3, 0.4) is 0 Å². The zero-order valence-electron chi connectivity index (χ0n) is 16.5. The van der Waals surface area contributed by atoms with Crippen molar-refractivity contribution < 1.29 is 9.59 Å². The summed E-state index contributed by atoms with van der Waals surface area (Å²) in [5.74, 6) is 0.242. The van der Waals surface area contributed by atoms with Gasteiger partial charge in [0.05, 0.1) is 30.0 Å². The van der Waals surface area contributed by atoms with Gasteiger partial charge in [-0.2, -0.15) is 0 Å². The number of rotatable bonds is 6. The Morgan fingerprint density at radius 1 is 1.20 bits per heavy atom. The zero-order valence-corrected chi connectivity index (χ0v) is 17.3. The van der Waals surface area contributed by atoms with E-state index in [0.29, 0.717) is 30.2 Å². The lowest BCUT2D eigenvalue weighted by Crippen LogP contribution is -2.40. The molecule has 3 aromatic rings. The Morgan fingerprint density at radius 3 is 2.77 bits per heavy atom. The average Bonchev–Trinajstić information content (AvgIpc) is 2.80. The second kappa shape index (κ2) is 8.96. The van der Waals surface area contributed by atoms with Crippen LogP contribution in [-0.4, -0.2) is 34.6 Å². The van der Waals surface area contributed by atoms with Crippen LogP contribution >= 0.6 is 11.8 Å². The van der Waals surface area contributed by atoms with E-state index in [0.717, 1.165) is 11.3 Å². The molecule has 2 N–H and O–H groups in total. The standard InChI is InChI=1S/C22H21N5O2S/c1-30-18-7-5-15(6-8-18)11-26-22(29)16-10-19-21(24-12-16)25-13-20(28)27(19)14-17-4-2-3-9-23-17/h2-10,12H,11,13-14H2,1H3,(H,24,25)(H,26,29). The van der Waals surface area contributed by atoms with E-state index in [2.05, 4.69) is 20.6 Å². The van der Waals surface area contributed by atoms with E-state index in [-0.39, 0.29) is 18.4 Å². The van der Waals surface area contributed by atoms with Gasteiger partial charge < -0.3 is 15.5 Å². The van der Waals surface area contributed by atoms with E-state index in [9.17, 15) is 9.59 Å². The van der Waals surface area contributed by atoms with Crippen molar-refractivity contribution in [3.63, 3.8) is 0 Å². The highest BCUT2D eigenvalue weighted by molar-refractivity contribution is 7.98. The summed E-state index contributed by atoms with van der Waals surface area (Å²) in [5, 5.41) is 5.92. The van der Waals surface area contributed by atoms with Crippen molar-refractivity contribution in [2.24, 2.45) is 0 Å². The Hall–Kier alpha value is -3.39. The lowest BCUT2D eigenvalue weighted by Gasteiger charge is -2.29. The Bertz CT molecular complexity index is 1060. The molecule has 0 atom stereocenters. The number of amides is 2. The number of carbonyl (C=O) groups excluding carboxylic acids is 2. The number of nitrogens with zero attached hydrogens (tertiary/aromatic N) is 3. The summed E-state index contributed by atoms with van der Waals surface area (Å²) < 4.78 is 0. The molecule has 0 spiro atoms. The number of anilines is 2. The first-order chi connectivity index (χ1) is 14.6. The van der Waals surface area contributed by atoms with Crippen LogP contribution in [0.4, 0.5) is 11.5 Å². The quantitative estimate of drug-likeness (QED) is 0.597. The average molecular weight is 420 g/mol. The van der Waals surface area contributed by atoms with Gasteiger partial charge in [0, 0.05) is 23.8 Å². The lowest BCUT2D eigenvalue weighted by molar-refractivity contribution is -0.117. The van der Waals surface area contributed by atoms with Crippen LogP contribution < -0.4 is 15.5 Å². The van der Waals surface area contributed by atoms with Crippen molar-refractivity contribution >= 4 is 35.1 Å². The molecule has 2 amide bonds. The Kier molecular flexibility index (Phi) is 5.94. The second-order valence-corrected chi connectivity index (χ2v) is 7.66. The normalized spacial score (nSPS) is 12.8. The minimum absolute atomic E-state index is 0.0959. The lowest BCUT2D eigenvalue weighted by atomic mass is 10.1. The molecule has 30 heavy (non-hydrogen) atoms. The van der Waals surface area contributed by atoms with Gasteiger partial charge in [-0.25, -0.2) is 4.98 Å². The number of hydrogen-bond acceptors (Lipinski definition) is 6. The highest BCUT2D eigenvalue weighted by atomic mass is 32.2. The fourth-order valence-corrected chi connectivity index (χ4v) is 3.57. The molecule has 0 radical (unpaired) electrons. The maximum Gasteiger partial charge on any atom is 0.253 e. The third-order valence-corrected chi connectivity index (χ3v) is 5.53. The van der Waals surface area contributed by atoms with Crippen LogP contribution in [0.1, 0.15) is 21.6 Å². The highest BCUT2D eigenvalue weighted by Crippen LogP contribution is 2.29. The summed E-state index contributed by atoms with van der Waals surface area (Å²) in [6.07, 6.45) is 5.24. The number of nitrogens with one attached hydrogen (secondary N) is 2. The second-order valence-electron chi connectivity index (χ2n) is 6.78. The summed E-state index contributed by atoms with van der Waals surface area (Å²) in [7, 11) is 0. The first kappa shape index (κ1) is 19.9. The fraction of sp³-hybridized carbons (Fsp3) is 0.182. The molecule has 0 saturated carbocycles. The summed E-state index contributed by atoms with van der Waals surface area (Å²) in [5.41, 5.74) is 2.76. The van der Waals surface area contributed by atoms with Gasteiger partial charge in [-0.15, -0.1) is 11.8 Å². The molecule has 8 heteroatoms. The molecule has 152 valence electrons. The monoisotopic (exact) mass is 419 g/mol. The zero-order chi connectivity index (χ0) is 20.9. The van der Waals surface area contributed by atoms with E-state index in [4.69, 9.17) is 0 Å². The van der Waals surface area contributed by atoms with Crippen molar-refractivity contribution in [3.05, 3.63) is 77.7 Å². The van der Waals surface area contributed by atoms with Gasteiger partial charge in [-0.3, -0.25) is 14.6 Å². The Balaban J connectivity index is 1.51. The van der Waals surface area contributed by atoms with Crippen LogP contribution in [0.5, 0.6) is 0 Å². The van der Waals surface area contributed by atoms with Crippen molar-refractivity contribution in [2.75, 3.05) is 23.0 Å². The van der Waals surface area contributed by atoms with Gasteiger partial charge in [0.15, 0.2) is 5.82 Å². The third-order valence-electron chi connectivity index (χ3n) is 4.79. The van der Waals surface area contributed by atoms with E-state index in [1.807, 2.05) is 48.7 Å². The predicted octanol–water partition coefficient (Wildman–Crippen LogP) is 3.09. The van der Waals surface area contributed by atoms with Gasteiger partial charge in [-0.05, 0) is 42.2 Å². The Labute approximate surface area is 178 Å². The highest BCUT2D eigenvalue weighted by Gasteiger charge is 2.26. The Morgan fingerprint density at radius 2 is 2.03 bits per heavy atom. The maximum absolute atomic E-state index is 12.7. The molecule has 0 aliphatic carbocycles. The first-order valence-corrected chi connectivity index (χ1v) is 10.7. The number of aromatic nitrogens is 2. The van der Waals surface area contributed by atoms with Crippen LogP contribution in [0.15, 0.2) is 65.8 Å². The molecule has 0 bridgehead atoms. The van der Waals surface area contributed by atoms with Gasteiger partial charge >= 0.3 is 0 Å². The summed E-state index contributed by atoms with van der Waals surface area (Å²) >= 11 is 1.67. The fourth-order valence-electron chi connectivity index (χ4n) is 3.16. The largest absolute Gasteiger partial charge is 0.359 e. The molecule has 0 unspecified atom stereocenters. The molecular formula is C22H21N5O2S. The van der Waals surface area contributed by atoms with Gasteiger partial charge in [-0.1, -0.05) is 18.2 Å². The molecule has 4 rings (SSSR count). The summed E-state index contributed by atoms with van der Waals surface area (Å²) in [4.78, 5) is 36.6. The minimum Gasteiger partial charge on any atom is -0.359 e. The number of fused-ring (bicyclic) bond motifs is 1. The first-order valence-electron chi connectivity index (χ1n) is 9.49. The van der Waals surface area contributed by atoms with Crippen LogP contribution in [0.25, 0.3) is 0 Å². The number of pyridine rings is 2. The topological polar surface area (TPSA) is 87.2 Å². The smallest absolute Gasteiger partial charge is 0.253 e. The van der Waals surface area contributed by atoms with Crippen molar-refractivity contribution in [1.82, 2.24) is 15.3 Å². The maximum atomic E-state index is 12.7. The van der Waals surface area contributed by atoms with E-state index >= 15 is 0 Å². The summed E-state index contributed by atoms with van der Waals surface area (Å²) in [6.45, 7) is 0.896. The number of benzene rings is 1. The summed E-state index contributed by atoms with van der Waals surface area (Å²) in [6, 6.07) is 15.3. The number of carbonyl (C=O) groups is 2. The molecule has 2 aromatic heterocycles. The van der Waals surface area contributed by atoms with Gasteiger partial charge in [0.1, 0.15) is 0 Å². The third kappa shape index (κ3) is 4.44. The van der Waals surface area contributed by atoms with Crippen molar-refractivity contribution in [3.8, 4) is 0 Å². The van der Waals surface area contributed by atoms with Crippen LogP contribution in [-0.2, 0) is 17.9 Å². The van der Waals surface area contributed by atoms with Crippen molar-refractivity contribution in [2.45, 2.75) is 18.0 Å². The number of hydrogen-bond donors (Lipinski definition) is 2. The number of thioether (sulfide) groups is 1.